The molecular formula is C14H25NO2. The number of carbonyl (C=O) groups is 1. The highest BCUT2D eigenvalue weighted by Crippen LogP contribution is 2.36. The van der Waals surface area contributed by atoms with Crippen molar-refractivity contribution in [2.45, 2.75) is 58.2 Å². The number of carbonyl (C=O) groups excluding carboxylic acids is 1. The smallest absolute Gasteiger partial charge is 0.164 e. The number of Topliss-reactive ketones (excluding diaryl/α,β-unsaturated/α-hetero) is 1. The maximum atomic E-state index is 12.3. The van der Waals surface area contributed by atoms with E-state index in [1.807, 2.05) is 0 Å². The molecule has 1 heterocycles. The fourth-order valence-corrected chi connectivity index (χ4v) is 3.16. The predicted octanol–water partition coefficient (Wildman–Crippen LogP) is 2.13. The average molecular weight is 239 g/mol. The second-order valence-corrected chi connectivity index (χ2v) is 5.93. The fourth-order valence-electron chi connectivity index (χ4n) is 3.16. The van der Waals surface area contributed by atoms with Gasteiger partial charge in [0.1, 0.15) is 6.10 Å². The van der Waals surface area contributed by atoms with Crippen molar-refractivity contribution in [3.63, 3.8) is 0 Å². The van der Waals surface area contributed by atoms with Crippen LogP contribution in [0.5, 0.6) is 0 Å². The number of ether oxygens (including phenoxy) is 1. The summed E-state index contributed by atoms with van der Waals surface area (Å²) in [6.45, 7) is 5.10. The van der Waals surface area contributed by atoms with Gasteiger partial charge in [0, 0.05) is 12.5 Å². The lowest BCUT2D eigenvalue weighted by Crippen LogP contribution is -2.34. The summed E-state index contributed by atoms with van der Waals surface area (Å²) in [5, 5.41) is 0. The van der Waals surface area contributed by atoms with Gasteiger partial charge in [-0.1, -0.05) is 13.8 Å². The van der Waals surface area contributed by atoms with Crippen LogP contribution in [0.15, 0.2) is 0 Å². The third kappa shape index (κ3) is 2.89. The molecule has 0 aromatic carbocycles. The van der Waals surface area contributed by atoms with Crippen LogP contribution in [0.1, 0.15) is 46.0 Å². The van der Waals surface area contributed by atoms with Gasteiger partial charge in [-0.15, -0.1) is 0 Å². The van der Waals surface area contributed by atoms with E-state index >= 15 is 0 Å². The Labute approximate surface area is 104 Å². The minimum absolute atomic E-state index is 0.115. The molecule has 1 saturated heterocycles. The fraction of sp³-hybridized carbons (Fsp3) is 0.929. The zero-order valence-corrected chi connectivity index (χ0v) is 11.0. The van der Waals surface area contributed by atoms with E-state index < -0.39 is 0 Å². The molecule has 0 spiro atoms. The monoisotopic (exact) mass is 239 g/mol. The number of nitrogens with two attached hydrogens (primary N) is 1. The first-order chi connectivity index (χ1) is 8.11. The summed E-state index contributed by atoms with van der Waals surface area (Å²) in [5.41, 5.74) is 5.58. The topological polar surface area (TPSA) is 52.3 Å². The Morgan fingerprint density at radius 3 is 2.53 bits per heavy atom. The van der Waals surface area contributed by atoms with Crippen molar-refractivity contribution >= 4 is 5.78 Å². The second kappa shape index (κ2) is 5.49. The maximum absolute atomic E-state index is 12.3. The van der Waals surface area contributed by atoms with E-state index in [2.05, 4.69) is 13.8 Å². The summed E-state index contributed by atoms with van der Waals surface area (Å²) < 4.78 is 5.71. The lowest BCUT2D eigenvalue weighted by molar-refractivity contribution is -0.135. The van der Waals surface area contributed by atoms with Crippen LogP contribution in [0.2, 0.25) is 0 Å². The predicted molar refractivity (Wildman–Crippen MR) is 67.6 cm³/mol. The lowest BCUT2D eigenvalue weighted by Gasteiger charge is -2.32. The Bertz CT molecular complexity index is 279. The van der Waals surface area contributed by atoms with Crippen LogP contribution in [-0.2, 0) is 9.53 Å². The van der Waals surface area contributed by atoms with Gasteiger partial charge in [0.2, 0.25) is 0 Å². The van der Waals surface area contributed by atoms with Crippen LogP contribution < -0.4 is 5.73 Å². The molecule has 98 valence electrons. The molecule has 0 bridgehead atoms. The van der Waals surface area contributed by atoms with Crippen molar-refractivity contribution in [1.82, 2.24) is 0 Å². The van der Waals surface area contributed by atoms with Crippen LogP contribution >= 0.6 is 0 Å². The molecule has 0 amide bonds. The largest absolute Gasteiger partial charge is 0.366 e. The molecule has 17 heavy (non-hydrogen) atoms. The molecule has 1 saturated carbocycles. The molecule has 3 nitrogen and oxygen atoms in total. The van der Waals surface area contributed by atoms with Gasteiger partial charge in [-0.05, 0) is 43.9 Å². The van der Waals surface area contributed by atoms with Gasteiger partial charge in [-0.3, -0.25) is 4.79 Å². The molecule has 5 unspecified atom stereocenters. The number of hydrogen-bond acceptors (Lipinski definition) is 3. The summed E-state index contributed by atoms with van der Waals surface area (Å²) in [6.07, 6.45) is 5.07. The highest BCUT2D eigenvalue weighted by Gasteiger charge is 2.36. The van der Waals surface area contributed by atoms with E-state index in [0.29, 0.717) is 18.2 Å². The third-order valence-corrected chi connectivity index (χ3v) is 4.69. The molecule has 2 N–H and O–H groups in total. The second-order valence-electron chi connectivity index (χ2n) is 5.93. The first-order valence-electron chi connectivity index (χ1n) is 7.01. The zero-order valence-electron chi connectivity index (χ0n) is 11.0. The van der Waals surface area contributed by atoms with Crippen molar-refractivity contribution in [3.05, 3.63) is 0 Å². The van der Waals surface area contributed by atoms with E-state index in [0.717, 1.165) is 31.6 Å². The molecule has 0 aromatic heterocycles. The Morgan fingerprint density at radius 1 is 1.18 bits per heavy atom. The highest BCUT2D eigenvalue weighted by molar-refractivity contribution is 5.85. The number of ketones is 1. The molecule has 5 atom stereocenters. The van der Waals surface area contributed by atoms with Gasteiger partial charge in [0.05, 0.1) is 6.10 Å². The molecular weight excluding hydrogens is 214 g/mol. The first-order valence-corrected chi connectivity index (χ1v) is 7.01. The van der Waals surface area contributed by atoms with Crippen molar-refractivity contribution in [2.24, 2.45) is 23.5 Å². The van der Waals surface area contributed by atoms with Crippen LogP contribution in [0.3, 0.4) is 0 Å². The summed E-state index contributed by atoms with van der Waals surface area (Å²) >= 11 is 0. The molecule has 0 radical (unpaired) electrons. The Morgan fingerprint density at radius 2 is 1.94 bits per heavy atom. The van der Waals surface area contributed by atoms with Gasteiger partial charge in [0.15, 0.2) is 5.78 Å². The average Bonchev–Trinajstić information content (AvgIpc) is 2.80. The normalized spacial score (nSPS) is 42.6. The molecule has 2 fully saturated rings. The SMILES string of the molecule is CC1CCC(C(=O)C2CCC(CN)O2)CC1C. The minimum atomic E-state index is -0.158. The van der Waals surface area contributed by atoms with E-state index in [-0.39, 0.29) is 18.1 Å². The van der Waals surface area contributed by atoms with Gasteiger partial charge in [-0.2, -0.15) is 0 Å². The Hall–Kier alpha value is -0.410. The number of rotatable bonds is 3. The van der Waals surface area contributed by atoms with Crippen molar-refractivity contribution in [1.29, 1.82) is 0 Å². The molecule has 1 aliphatic heterocycles. The quantitative estimate of drug-likeness (QED) is 0.821. The Balaban J connectivity index is 1.88. The summed E-state index contributed by atoms with van der Waals surface area (Å²) in [6, 6.07) is 0. The maximum Gasteiger partial charge on any atom is 0.164 e. The van der Waals surface area contributed by atoms with Crippen molar-refractivity contribution < 1.29 is 9.53 Å². The van der Waals surface area contributed by atoms with E-state index in [1.165, 1.54) is 6.42 Å². The van der Waals surface area contributed by atoms with Crippen LogP contribution in [0.25, 0.3) is 0 Å². The van der Waals surface area contributed by atoms with Crippen molar-refractivity contribution in [3.8, 4) is 0 Å². The third-order valence-electron chi connectivity index (χ3n) is 4.69. The van der Waals surface area contributed by atoms with Gasteiger partial charge < -0.3 is 10.5 Å². The molecule has 1 aliphatic carbocycles. The van der Waals surface area contributed by atoms with Gasteiger partial charge in [0.25, 0.3) is 0 Å². The van der Waals surface area contributed by atoms with Crippen LogP contribution in [-0.4, -0.2) is 24.5 Å². The Kier molecular flexibility index (Phi) is 4.21. The van der Waals surface area contributed by atoms with Gasteiger partial charge in [-0.25, -0.2) is 0 Å². The van der Waals surface area contributed by atoms with Crippen LogP contribution in [0, 0.1) is 17.8 Å². The van der Waals surface area contributed by atoms with Crippen LogP contribution in [0.4, 0.5) is 0 Å². The lowest BCUT2D eigenvalue weighted by atomic mass is 9.73. The first kappa shape index (κ1) is 13.0. The minimum Gasteiger partial charge on any atom is -0.366 e. The zero-order chi connectivity index (χ0) is 12.4. The molecule has 0 aromatic rings. The molecule has 2 aliphatic rings. The molecule has 2 rings (SSSR count). The van der Waals surface area contributed by atoms with Crippen molar-refractivity contribution in [2.75, 3.05) is 6.54 Å². The van der Waals surface area contributed by atoms with Gasteiger partial charge >= 0.3 is 0 Å². The highest BCUT2D eigenvalue weighted by atomic mass is 16.5. The van der Waals surface area contributed by atoms with E-state index in [9.17, 15) is 4.79 Å². The summed E-state index contributed by atoms with van der Waals surface area (Å²) in [4.78, 5) is 12.3. The molecule has 3 heteroatoms. The summed E-state index contributed by atoms with van der Waals surface area (Å²) in [5.74, 6) is 2.02. The van der Waals surface area contributed by atoms with E-state index in [1.54, 1.807) is 0 Å². The standard InChI is InChI=1S/C14H25NO2/c1-9-3-4-11(7-10(9)2)14(16)13-6-5-12(8-15)17-13/h9-13H,3-8,15H2,1-2H3. The van der Waals surface area contributed by atoms with E-state index in [4.69, 9.17) is 10.5 Å². The summed E-state index contributed by atoms with van der Waals surface area (Å²) in [7, 11) is 0. The number of hydrogen-bond donors (Lipinski definition) is 1.